The summed E-state index contributed by atoms with van der Waals surface area (Å²) in [7, 11) is 1.64. The van der Waals surface area contributed by atoms with E-state index in [1.807, 2.05) is 54.3 Å². The van der Waals surface area contributed by atoms with E-state index in [0.717, 1.165) is 17.0 Å². The minimum atomic E-state index is -0.106. The van der Waals surface area contributed by atoms with Crippen LogP contribution in [0.2, 0.25) is 0 Å². The molecule has 0 unspecified atom stereocenters. The van der Waals surface area contributed by atoms with Crippen LogP contribution in [0.25, 0.3) is 0 Å². The maximum Gasteiger partial charge on any atom is 0.235 e. The zero-order valence-corrected chi connectivity index (χ0v) is 15.7. The van der Waals surface area contributed by atoms with Gasteiger partial charge < -0.3 is 14.4 Å². The van der Waals surface area contributed by atoms with Gasteiger partial charge in [-0.05, 0) is 36.8 Å². The van der Waals surface area contributed by atoms with Crippen molar-refractivity contribution in [2.45, 2.75) is 30.0 Å². The van der Waals surface area contributed by atoms with Crippen molar-refractivity contribution in [1.29, 1.82) is 0 Å². The van der Waals surface area contributed by atoms with Crippen LogP contribution in [-0.2, 0) is 9.53 Å². The average Bonchev–Trinajstić information content (AvgIpc) is 2.64. The molecule has 2 fully saturated rings. The van der Waals surface area contributed by atoms with Gasteiger partial charge in [0.2, 0.25) is 5.91 Å². The second-order valence-electron chi connectivity index (χ2n) is 6.54. The van der Waals surface area contributed by atoms with Gasteiger partial charge in [0.25, 0.3) is 0 Å². The van der Waals surface area contributed by atoms with Gasteiger partial charge >= 0.3 is 0 Å². The van der Waals surface area contributed by atoms with Crippen LogP contribution in [0.1, 0.15) is 18.6 Å². The van der Waals surface area contributed by atoms with Gasteiger partial charge in [-0.25, -0.2) is 0 Å². The molecule has 4 nitrogen and oxygen atoms in total. The first-order chi connectivity index (χ1) is 12.1. The predicted octanol–water partition coefficient (Wildman–Crippen LogP) is 3.95. The molecule has 0 N–H and O–H groups in total. The van der Waals surface area contributed by atoms with Crippen LogP contribution >= 0.6 is 15.9 Å². The molecule has 1 amide bonds. The predicted molar refractivity (Wildman–Crippen MR) is 100 cm³/mol. The van der Waals surface area contributed by atoms with E-state index in [4.69, 9.17) is 9.47 Å². The molecule has 130 valence electrons. The summed E-state index contributed by atoms with van der Waals surface area (Å²) in [5, 5.41) is 0. The van der Waals surface area contributed by atoms with Crippen molar-refractivity contribution < 1.29 is 14.3 Å². The summed E-state index contributed by atoms with van der Waals surface area (Å²) in [6, 6.07) is 17.9. The Labute approximate surface area is 155 Å². The highest BCUT2D eigenvalue weighted by Gasteiger charge is 2.59. The molecule has 2 aromatic carbocycles. The van der Waals surface area contributed by atoms with Gasteiger partial charge in [-0.3, -0.25) is 4.79 Å². The van der Waals surface area contributed by atoms with Gasteiger partial charge in [0.05, 0.1) is 36.1 Å². The average molecular weight is 402 g/mol. The van der Waals surface area contributed by atoms with Crippen molar-refractivity contribution in [3.8, 4) is 5.75 Å². The number of nitrogens with zero attached hydrogens (tertiary/aromatic N) is 1. The maximum absolute atomic E-state index is 12.7. The Morgan fingerprint density at radius 3 is 2.40 bits per heavy atom. The molecule has 5 atom stereocenters. The Morgan fingerprint density at radius 2 is 1.76 bits per heavy atom. The fourth-order valence-corrected chi connectivity index (χ4v) is 4.86. The first kappa shape index (κ1) is 16.6. The van der Waals surface area contributed by atoms with Crippen molar-refractivity contribution in [3.05, 3.63) is 60.2 Å². The van der Waals surface area contributed by atoms with Crippen LogP contribution in [0, 0.1) is 5.92 Å². The number of rotatable bonds is 3. The number of benzene rings is 2. The molecule has 0 saturated carbocycles. The second kappa shape index (κ2) is 6.46. The van der Waals surface area contributed by atoms with Crippen LogP contribution in [-0.4, -0.2) is 30.0 Å². The largest absolute Gasteiger partial charge is 0.497 e. The van der Waals surface area contributed by atoms with Crippen LogP contribution in [0.4, 0.5) is 5.69 Å². The highest BCUT2D eigenvalue weighted by atomic mass is 79.9. The summed E-state index contributed by atoms with van der Waals surface area (Å²) in [6.07, 6.45) is -0.183. The first-order valence-electron chi connectivity index (χ1n) is 8.43. The minimum Gasteiger partial charge on any atom is -0.497 e. The van der Waals surface area contributed by atoms with Gasteiger partial charge in [0, 0.05) is 5.69 Å². The number of carbonyl (C=O) groups is 1. The molecule has 4 rings (SSSR count). The van der Waals surface area contributed by atoms with E-state index in [0.29, 0.717) is 0 Å². The number of methoxy groups -OCH3 is 1. The topological polar surface area (TPSA) is 38.8 Å². The van der Waals surface area contributed by atoms with Crippen LogP contribution in [0.3, 0.4) is 0 Å². The van der Waals surface area contributed by atoms with E-state index >= 15 is 0 Å². The zero-order valence-electron chi connectivity index (χ0n) is 14.1. The standard InChI is InChI=1S/C20H20BrNO3/c1-12-16-18(17(21)19(25-12)13-6-4-3-5-7-13)22(20(16)23)14-8-10-15(24-2)11-9-14/h3-12,16-19H,1-2H3/t12-,16-,17+,18-,19-/m1/s1. The van der Waals surface area contributed by atoms with Crippen LogP contribution in [0.15, 0.2) is 54.6 Å². The van der Waals surface area contributed by atoms with E-state index < -0.39 is 0 Å². The van der Waals surface area contributed by atoms with E-state index in [9.17, 15) is 4.79 Å². The van der Waals surface area contributed by atoms with E-state index in [1.165, 1.54) is 0 Å². The number of anilines is 1. The van der Waals surface area contributed by atoms with Crippen LogP contribution in [0.5, 0.6) is 5.75 Å². The molecule has 2 aliphatic rings. The number of hydrogen-bond acceptors (Lipinski definition) is 3. The third-order valence-electron chi connectivity index (χ3n) is 5.15. The van der Waals surface area contributed by atoms with Crippen molar-refractivity contribution in [2.24, 2.45) is 5.92 Å². The second-order valence-corrected chi connectivity index (χ2v) is 7.60. The number of fused-ring (bicyclic) bond motifs is 1. The highest BCUT2D eigenvalue weighted by molar-refractivity contribution is 9.09. The summed E-state index contributed by atoms with van der Waals surface area (Å²) in [5.74, 6) is 0.802. The quantitative estimate of drug-likeness (QED) is 0.577. The van der Waals surface area contributed by atoms with Gasteiger partial charge in [0.15, 0.2) is 0 Å². The third-order valence-corrected chi connectivity index (χ3v) is 6.17. The lowest BCUT2D eigenvalue weighted by atomic mass is 9.76. The van der Waals surface area contributed by atoms with Gasteiger partial charge in [0.1, 0.15) is 5.75 Å². The molecule has 0 spiro atoms. The van der Waals surface area contributed by atoms with Crippen molar-refractivity contribution in [2.75, 3.05) is 12.0 Å². The minimum absolute atomic E-state index is 0.0379. The van der Waals surface area contributed by atoms with Gasteiger partial charge in [-0.15, -0.1) is 0 Å². The van der Waals surface area contributed by atoms with E-state index in [-0.39, 0.29) is 34.9 Å². The molecule has 25 heavy (non-hydrogen) atoms. The summed E-state index contributed by atoms with van der Waals surface area (Å²) in [5.41, 5.74) is 2.03. The molecular formula is C20H20BrNO3. The summed E-state index contributed by atoms with van der Waals surface area (Å²) >= 11 is 3.83. The van der Waals surface area contributed by atoms with Gasteiger partial charge in [-0.1, -0.05) is 46.3 Å². The van der Waals surface area contributed by atoms with Crippen molar-refractivity contribution >= 4 is 27.5 Å². The molecular weight excluding hydrogens is 382 g/mol. The fraction of sp³-hybridized carbons (Fsp3) is 0.350. The maximum atomic E-state index is 12.7. The Hall–Kier alpha value is -1.85. The number of hydrogen-bond donors (Lipinski definition) is 0. The monoisotopic (exact) mass is 401 g/mol. The third kappa shape index (κ3) is 2.66. The Kier molecular flexibility index (Phi) is 4.29. The SMILES string of the molecule is COc1ccc(N2C(=O)[C@H]3[C@@H]2[C@H](Br)[C@@H](c2ccccc2)O[C@@H]3C)cc1. The lowest BCUT2D eigenvalue weighted by Crippen LogP contribution is -2.71. The van der Waals surface area contributed by atoms with Gasteiger partial charge in [-0.2, -0.15) is 0 Å². The zero-order chi connectivity index (χ0) is 17.6. The number of carbonyl (C=O) groups excluding carboxylic acids is 1. The number of ether oxygens (including phenoxy) is 2. The normalized spacial score (nSPS) is 31.2. The summed E-state index contributed by atoms with van der Waals surface area (Å²) in [4.78, 5) is 14.7. The lowest BCUT2D eigenvalue weighted by molar-refractivity contribution is -0.152. The number of amides is 1. The smallest absolute Gasteiger partial charge is 0.235 e. The molecule has 5 heteroatoms. The fourth-order valence-electron chi connectivity index (χ4n) is 3.87. The molecule has 0 aromatic heterocycles. The number of β-lactam (4-membered cyclic amide) rings is 1. The molecule has 2 aromatic rings. The molecule has 2 heterocycles. The Morgan fingerprint density at radius 1 is 1.08 bits per heavy atom. The number of alkyl halides is 1. The lowest BCUT2D eigenvalue weighted by Gasteiger charge is -2.56. The summed E-state index contributed by atoms with van der Waals surface area (Å²) < 4.78 is 11.4. The number of halogens is 1. The highest BCUT2D eigenvalue weighted by Crippen LogP contribution is 2.48. The Bertz CT molecular complexity index is 764. The molecule has 2 saturated heterocycles. The first-order valence-corrected chi connectivity index (χ1v) is 9.35. The Balaban J connectivity index is 1.64. The molecule has 2 aliphatic heterocycles. The molecule has 0 radical (unpaired) electrons. The van der Waals surface area contributed by atoms with E-state index in [1.54, 1.807) is 7.11 Å². The van der Waals surface area contributed by atoms with Crippen molar-refractivity contribution in [1.82, 2.24) is 0 Å². The summed E-state index contributed by atoms with van der Waals surface area (Å²) in [6.45, 7) is 2.00. The van der Waals surface area contributed by atoms with E-state index in [2.05, 4.69) is 28.1 Å². The molecule has 0 aliphatic carbocycles. The van der Waals surface area contributed by atoms with Crippen molar-refractivity contribution in [3.63, 3.8) is 0 Å². The molecule has 0 bridgehead atoms. The van der Waals surface area contributed by atoms with Crippen LogP contribution < -0.4 is 9.64 Å².